The van der Waals surface area contributed by atoms with E-state index in [1.807, 2.05) is 41.3 Å². The second-order valence-electron chi connectivity index (χ2n) is 11.6. The van der Waals surface area contributed by atoms with Crippen LogP contribution >= 0.6 is 12.4 Å². The van der Waals surface area contributed by atoms with Crippen LogP contribution in [-0.2, 0) is 26.2 Å². The molecule has 3 amide bonds. The molecule has 0 bridgehead atoms. The minimum atomic E-state index is -1.08. The molecule has 1 aliphatic carbocycles. The molecule has 40 heavy (non-hydrogen) atoms. The van der Waals surface area contributed by atoms with Crippen LogP contribution in [0.1, 0.15) is 68.6 Å². The molecule has 0 radical (unpaired) electrons. The highest BCUT2D eigenvalue weighted by atomic mass is 35.5. The lowest BCUT2D eigenvalue weighted by molar-refractivity contribution is -0.139. The van der Waals surface area contributed by atoms with E-state index in [-0.39, 0.29) is 54.6 Å². The van der Waals surface area contributed by atoms with Gasteiger partial charge in [0.05, 0.1) is 18.1 Å². The predicted octanol–water partition coefficient (Wildman–Crippen LogP) is 2.81. The number of fused-ring (bicyclic) bond motifs is 2. The first-order valence-electron chi connectivity index (χ1n) is 14.1. The monoisotopic (exact) mass is 570 g/mol. The maximum Gasteiger partial charge on any atom is 0.245 e. The molecule has 1 saturated heterocycles. The van der Waals surface area contributed by atoms with Crippen LogP contribution in [0.3, 0.4) is 0 Å². The average Bonchev–Trinajstić information content (AvgIpc) is 3.25. The molecule has 2 atom stereocenters. The molecule has 1 spiro atoms. The van der Waals surface area contributed by atoms with Crippen molar-refractivity contribution >= 4 is 30.1 Å². The van der Waals surface area contributed by atoms with Crippen LogP contribution < -0.4 is 16.4 Å². The first kappa shape index (κ1) is 31.6. The standard InChI is InChI=1S/C31H42N4O4.ClH/c1-30(2,32)29(39)34-26(14-8-11-22-9-4-3-5-10-22)28(38)35-18-15-31(16-19-35)21-24(27(37)33-17-20-36)23-12-6-7-13-25(23)31;/h3-7,9-10,12-13,24,26,36H,8,11,14-21,32H2,1-2H3,(H,33,37)(H,34,39);1H/t24-,26-;/m1./s1. The van der Waals surface area contributed by atoms with Gasteiger partial charge in [0.1, 0.15) is 6.04 Å². The number of halogens is 1. The quantitative estimate of drug-likeness (QED) is 0.350. The summed E-state index contributed by atoms with van der Waals surface area (Å²) in [4.78, 5) is 41.2. The van der Waals surface area contributed by atoms with Crippen LogP contribution in [0.25, 0.3) is 0 Å². The Balaban J connectivity index is 0.00000441. The van der Waals surface area contributed by atoms with E-state index in [2.05, 4.69) is 28.8 Å². The predicted molar refractivity (Wildman–Crippen MR) is 158 cm³/mol. The summed E-state index contributed by atoms with van der Waals surface area (Å²) in [5, 5.41) is 14.9. The normalized spacial score (nSPS) is 18.4. The summed E-state index contributed by atoms with van der Waals surface area (Å²) in [7, 11) is 0. The van der Waals surface area contributed by atoms with Gasteiger partial charge in [-0.25, -0.2) is 0 Å². The van der Waals surface area contributed by atoms with E-state index in [9.17, 15) is 14.4 Å². The maximum absolute atomic E-state index is 13.7. The highest BCUT2D eigenvalue weighted by Crippen LogP contribution is 2.51. The number of aliphatic hydroxyl groups is 1. The molecule has 0 saturated carbocycles. The van der Waals surface area contributed by atoms with Crippen LogP contribution in [-0.4, -0.2) is 65.5 Å². The van der Waals surface area contributed by atoms with Gasteiger partial charge in [-0.15, -0.1) is 12.4 Å². The van der Waals surface area contributed by atoms with E-state index in [1.54, 1.807) is 13.8 Å². The summed E-state index contributed by atoms with van der Waals surface area (Å²) in [6.45, 7) is 4.56. The molecule has 4 rings (SSSR count). The van der Waals surface area contributed by atoms with Crippen molar-refractivity contribution in [1.29, 1.82) is 0 Å². The molecule has 9 heteroatoms. The van der Waals surface area contributed by atoms with E-state index >= 15 is 0 Å². The van der Waals surface area contributed by atoms with Crippen LogP contribution in [0.4, 0.5) is 0 Å². The van der Waals surface area contributed by atoms with Gasteiger partial charge >= 0.3 is 0 Å². The largest absolute Gasteiger partial charge is 0.395 e. The van der Waals surface area contributed by atoms with Gasteiger partial charge in [0.15, 0.2) is 0 Å². The molecule has 1 heterocycles. The zero-order valence-electron chi connectivity index (χ0n) is 23.5. The summed E-state index contributed by atoms with van der Waals surface area (Å²) in [6.07, 6.45) is 4.34. The topological polar surface area (TPSA) is 125 Å². The van der Waals surface area contributed by atoms with E-state index < -0.39 is 11.6 Å². The Morgan fingerprint density at radius 1 is 1.07 bits per heavy atom. The van der Waals surface area contributed by atoms with E-state index in [0.717, 1.165) is 31.2 Å². The van der Waals surface area contributed by atoms with Gasteiger partial charge in [-0.2, -0.15) is 0 Å². The highest BCUT2D eigenvalue weighted by Gasteiger charge is 2.48. The zero-order chi connectivity index (χ0) is 28.0. The molecule has 2 aromatic rings. The number of nitrogens with two attached hydrogens (primary N) is 1. The number of piperidine rings is 1. The van der Waals surface area contributed by atoms with E-state index in [1.165, 1.54) is 11.1 Å². The number of likely N-dealkylation sites (tertiary alicyclic amines) is 1. The van der Waals surface area contributed by atoms with Crippen molar-refractivity contribution in [3.63, 3.8) is 0 Å². The lowest BCUT2D eigenvalue weighted by Gasteiger charge is -2.41. The fourth-order valence-corrected chi connectivity index (χ4v) is 6.04. The van der Waals surface area contributed by atoms with Gasteiger partial charge in [-0.05, 0) is 69.1 Å². The lowest BCUT2D eigenvalue weighted by atomic mass is 9.73. The van der Waals surface area contributed by atoms with Crippen LogP contribution in [0.5, 0.6) is 0 Å². The van der Waals surface area contributed by atoms with Crippen molar-refractivity contribution in [3.8, 4) is 0 Å². The number of carbonyl (C=O) groups is 3. The van der Waals surface area contributed by atoms with Crippen LogP contribution in [0.2, 0.25) is 0 Å². The van der Waals surface area contributed by atoms with Crippen molar-refractivity contribution in [2.45, 2.75) is 75.3 Å². The van der Waals surface area contributed by atoms with Gasteiger partial charge in [-0.3, -0.25) is 14.4 Å². The summed E-state index contributed by atoms with van der Waals surface area (Å²) in [6, 6.07) is 17.6. The fourth-order valence-electron chi connectivity index (χ4n) is 6.04. The first-order valence-corrected chi connectivity index (χ1v) is 14.1. The molecule has 0 aromatic heterocycles. The number of hydrogen-bond donors (Lipinski definition) is 4. The van der Waals surface area contributed by atoms with Crippen molar-refractivity contribution in [2.24, 2.45) is 5.73 Å². The molecule has 1 aliphatic heterocycles. The molecular formula is C31H43ClN4O4. The molecule has 218 valence electrons. The van der Waals surface area contributed by atoms with E-state index in [0.29, 0.717) is 25.9 Å². The number of amides is 3. The Kier molecular flexibility index (Phi) is 10.8. The fraction of sp³-hybridized carbons (Fsp3) is 0.516. The van der Waals surface area contributed by atoms with E-state index in [4.69, 9.17) is 10.8 Å². The number of benzene rings is 2. The molecule has 2 aromatic carbocycles. The molecule has 5 N–H and O–H groups in total. The summed E-state index contributed by atoms with van der Waals surface area (Å²) >= 11 is 0. The number of carbonyl (C=O) groups excluding carboxylic acids is 3. The summed E-state index contributed by atoms with van der Waals surface area (Å²) in [5.74, 6) is -0.723. The number of nitrogens with zero attached hydrogens (tertiary/aromatic N) is 1. The Bertz CT molecular complexity index is 1160. The molecule has 0 unspecified atom stereocenters. The molecule has 2 aliphatic rings. The first-order chi connectivity index (χ1) is 18.6. The lowest BCUT2D eigenvalue weighted by Crippen LogP contribution is -2.57. The van der Waals surface area contributed by atoms with Crippen LogP contribution in [0.15, 0.2) is 54.6 Å². The third-order valence-electron chi connectivity index (χ3n) is 8.25. The number of rotatable bonds is 10. The Morgan fingerprint density at radius 2 is 1.73 bits per heavy atom. The zero-order valence-corrected chi connectivity index (χ0v) is 24.3. The number of aliphatic hydroxyl groups excluding tert-OH is 1. The van der Waals surface area contributed by atoms with Gasteiger partial charge in [-0.1, -0.05) is 54.6 Å². The Hall–Kier alpha value is -2.94. The second-order valence-corrected chi connectivity index (χ2v) is 11.6. The Labute approximate surface area is 243 Å². The average molecular weight is 571 g/mol. The molecular weight excluding hydrogens is 528 g/mol. The van der Waals surface area contributed by atoms with Gasteiger partial charge in [0.25, 0.3) is 0 Å². The van der Waals surface area contributed by atoms with Crippen molar-refractivity contribution < 1.29 is 19.5 Å². The van der Waals surface area contributed by atoms with Gasteiger partial charge < -0.3 is 26.4 Å². The van der Waals surface area contributed by atoms with Crippen LogP contribution in [0, 0.1) is 0 Å². The van der Waals surface area contributed by atoms with Crippen molar-refractivity contribution in [3.05, 3.63) is 71.3 Å². The minimum Gasteiger partial charge on any atom is -0.395 e. The second kappa shape index (κ2) is 13.6. The Morgan fingerprint density at radius 3 is 2.38 bits per heavy atom. The third kappa shape index (κ3) is 7.22. The minimum absolute atomic E-state index is 0. The molecule has 8 nitrogen and oxygen atoms in total. The summed E-state index contributed by atoms with van der Waals surface area (Å²) in [5.41, 5.74) is 8.23. The highest BCUT2D eigenvalue weighted by molar-refractivity contribution is 5.91. The number of nitrogens with one attached hydrogen (secondary N) is 2. The van der Waals surface area contributed by atoms with Gasteiger partial charge in [0, 0.05) is 25.0 Å². The SMILES string of the molecule is CC(C)(N)C(=O)N[C@H](CCCc1ccccc1)C(=O)N1CCC2(CC1)C[C@@H](C(=O)NCCO)c1ccccc12.Cl. The maximum atomic E-state index is 13.7. The van der Waals surface area contributed by atoms with Crippen molar-refractivity contribution in [2.75, 3.05) is 26.2 Å². The smallest absolute Gasteiger partial charge is 0.245 e. The summed E-state index contributed by atoms with van der Waals surface area (Å²) < 4.78 is 0. The van der Waals surface area contributed by atoms with Crippen molar-refractivity contribution in [1.82, 2.24) is 15.5 Å². The van der Waals surface area contributed by atoms with Gasteiger partial charge in [0.2, 0.25) is 17.7 Å². The third-order valence-corrected chi connectivity index (χ3v) is 8.25. The number of aryl methyl sites for hydroxylation is 1. The number of hydrogen-bond acceptors (Lipinski definition) is 5. The molecule has 1 fully saturated rings.